The molecule has 1 aliphatic rings. The molecule has 2 amide bonds. The number of nitrogens with one attached hydrogen (secondary N) is 1. The predicted octanol–water partition coefficient (Wildman–Crippen LogP) is 1.89. The van der Waals surface area contributed by atoms with Crippen molar-refractivity contribution in [1.82, 2.24) is 10.2 Å². The molecular formula is C14H19ClN2O3. The second-order valence-corrected chi connectivity index (χ2v) is 5.12. The van der Waals surface area contributed by atoms with E-state index in [0.29, 0.717) is 30.5 Å². The number of hydrogen-bond acceptors (Lipinski definition) is 3. The third kappa shape index (κ3) is 4.58. The van der Waals surface area contributed by atoms with E-state index in [4.69, 9.17) is 21.4 Å². The summed E-state index contributed by atoms with van der Waals surface area (Å²) in [6.45, 7) is 1.16. The molecule has 1 aromatic rings. The smallest absolute Gasteiger partial charge is 0.317 e. The number of halogens is 1. The van der Waals surface area contributed by atoms with Gasteiger partial charge in [-0.25, -0.2) is 4.79 Å². The Morgan fingerprint density at radius 2 is 2.30 bits per heavy atom. The fourth-order valence-corrected chi connectivity index (χ4v) is 2.11. The fraction of sp³-hybridized carbons (Fsp3) is 0.500. The van der Waals surface area contributed by atoms with Crippen molar-refractivity contribution in [2.45, 2.75) is 18.9 Å². The molecule has 0 aliphatic heterocycles. The number of carbonyl (C=O) groups excluding carboxylic acids is 1. The maximum absolute atomic E-state index is 11.9. The van der Waals surface area contributed by atoms with Crippen molar-refractivity contribution in [3.05, 3.63) is 29.3 Å². The van der Waals surface area contributed by atoms with E-state index in [1.54, 1.807) is 17.0 Å². The van der Waals surface area contributed by atoms with Crippen LogP contribution in [0.3, 0.4) is 0 Å². The lowest BCUT2D eigenvalue weighted by Gasteiger charge is -2.21. The minimum absolute atomic E-state index is 0.0110. The van der Waals surface area contributed by atoms with Gasteiger partial charge < -0.3 is 20.1 Å². The zero-order valence-electron chi connectivity index (χ0n) is 11.2. The Bertz CT molecular complexity index is 452. The van der Waals surface area contributed by atoms with Gasteiger partial charge in [0, 0.05) is 17.6 Å². The second kappa shape index (κ2) is 7.36. The molecule has 0 heterocycles. The number of amides is 2. The maximum atomic E-state index is 11.9. The van der Waals surface area contributed by atoms with Crippen LogP contribution in [0.4, 0.5) is 4.79 Å². The Morgan fingerprint density at radius 1 is 1.50 bits per heavy atom. The molecule has 0 aromatic heterocycles. The van der Waals surface area contributed by atoms with E-state index in [9.17, 15) is 4.79 Å². The average molecular weight is 299 g/mol. The number of hydrogen-bond donors (Lipinski definition) is 2. The third-order valence-electron chi connectivity index (χ3n) is 3.03. The highest BCUT2D eigenvalue weighted by molar-refractivity contribution is 6.30. The molecule has 0 saturated heterocycles. The molecule has 1 aliphatic carbocycles. The van der Waals surface area contributed by atoms with Crippen LogP contribution in [-0.4, -0.2) is 48.4 Å². The standard InChI is InChI=1S/C14H19ClN2O3/c15-11-2-1-3-13(10-11)20-9-6-16-14(19)17(7-8-18)12-4-5-12/h1-3,10,12,18H,4-9H2,(H,16,19). The van der Waals surface area contributed by atoms with E-state index in [0.717, 1.165) is 12.8 Å². The minimum atomic E-state index is -0.142. The van der Waals surface area contributed by atoms with Gasteiger partial charge in [-0.3, -0.25) is 0 Å². The van der Waals surface area contributed by atoms with Crippen molar-refractivity contribution in [1.29, 1.82) is 0 Å². The summed E-state index contributed by atoms with van der Waals surface area (Å²) in [4.78, 5) is 13.6. The van der Waals surface area contributed by atoms with Crippen LogP contribution in [0.15, 0.2) is 24.3 Å². The molecule has 1 saturated carbocycles. The van der Waals surface area contributed by atoms with Crippen molar-refractivity contribution in [3.8, 4) is 5.75 Å². The van der Waals surface area contributed by atoms with Crippen LogP contribution < -0.4 is 10.1 Å². The van der Waals surface area contributed by atoms with E-state index in [2.05, 4.69) is 5.32 Å². The molecule has 0 unspecified atom stereocenters. The van der Waals surface area contributed by atoms with Gasteiger partial charge in [-0.2, -0.15) is 0 Å². The van der Waals surface area contributed by atoms with Crippen LogP contribution in [0.25, 0.3) is 0 Å². The summed E-state index contributed by atoms with van der Waals surface area (Å²) in [5.74, 6) is 0.682. The summed E-state index contributed by atoms with van der Waals surface area (Å²) in [6, 6.07) is 7.28. The first kappa shape index (κ1) is 14.9. The number of aliphatic hydroxyl groups is 1. The van der Waals surface area contributed by atoms with Crippen LogP contribution in [-0.2, 0) is 0 Å². The molecule has 1 fully saturated rings. The lowest BCUT2D eigenvalue weighted by atomic mass is 10.3. The van der Waals surface area contributed by atoms with E-state index < -0.39 is 0 Å². The van der Waals surface area contributed by atoms with Gasteiger partial charge in [0.2, 0.25) is 0 Å². The minimum Gasteiger partial charge on any atom is -0.492 e. The molecule has 110 valence electrons. The van der Waals surface area contributed by atoms with Gasteiger partial charge >= 0.3 is 6.03 Å². The van der Waals surface area contributed by atoms with Crippen LogP contribution >= 0.6 is 11.6 Å². The number of rotatable bonds is 7. The van der Waals surface area contributed by atoms with Crippen LogP contribution in [0.2, 0.25) is 5.02 Å². The van der Waals surface area contributed by atoms with Crippen molar-refractivity contribution < 1.29 is 14.6 Å². The highest BCUT2D eigenvalue weighted by Crippen LogP contribution is 2.26. The zero-order chi connectivity index (χ0) is 14.4. The molecule has 2 N–H and O–H groups in total. The third-order valence-corrected chi connectivity index (χ3v) is 3.27. The van der Waals surface area contributed by atoms with Crippen LogP contribution in [0.1, 0.15) is 12.8 Å². The highest BCUT2D eigenvalue weighted by atomic mass is 35.5. The number of ether oxygens (including phenoxy) is 1. The number of carbonyl (C=O) groups is 1. The van der Waals surface area contributed by atoms with Gasteiger partial charge in [-0.1, -0.05) is 17.7 Å². The number of nitrogens with zero attached hydrogens (tertiary/aromatic N) is 1. The van der Waals surface area contributed by atoms with Crippen molar-refractivity contribution in [2.75, 3.05) is 26.3 Å². The topological polar surface area (TPSA) is 61.8 Å². The van der Waals surface area contributed by atoms with E-state index in [-0.39, 0.29) is 18.7 Å². The van der Waals surface area contributed by atoms with Gasteiger partial charge in [-0.15, -0.1) is 0 Å². The molecule has 0 bridgehead atoms. The lowest BCUT2D eigenvalue weighted by molar-refractivity contribution is 0.171. The van der Waals surface area contributed by atoms with Crippen molar-refractivity contribution >= 4 is 17.6 Å². The van der Waals surface area contributed by atoms with Gasteiger partial charge in [0.05, 0.1) is 13.2 Å². The number of benzene rings is 1. The Balaban J connectivity index is 1.68. The average Bonchev–Trinajstić information content (AvgIpc) is 3.25. The Kier molecular flexibility index (Phi) is 5.49. The molecule has 20 heavy (non-hydrogen) atoms. The molecule has 0 spiro atoms. The Hall–Kier alpha value is -1.46. The van der Waals surface area contributed by atoms with Crippen molar-refractivity contribution in [2.24, 2.45) is 0 Å². The van der Waals surface area contributed by atoms with Crippen LogP contribution in [0.5, 0.6) is 5.75 Å². The molecular weight excluding hydrogens is 280 g/mol. The first-order valence-electron chi connectivity index (χ1n) is 6.74. The quantitative estimate of drug-likeness (QED) is 0.756. The summed E-state index contributed by atoms with van der Waals surface area (Å²) in [5.41, 5.74) is 0. The molecule has 5 nitrogen and oxygen atoms in total. The normalized spacial score (nSPS) is 13.9. The second-order valence-electron chi connectivity index (χ2n) is 4.69. The molecule has 1 aromatic carbocycles. The Morgan fingerprint density at radius 3 is 2.95 bits per heavy atom. The molecule has 0 radical (unpaired) electrons. The van der Waals surface area contributed by atoms with Crippen molar-refractivity contribution in [3.63, 3.8) is 0 Å². The van der Waals surface area contributed by atoms with E-state index in [1.807, 2.05) is 12.1 Å². The first-order chi connectivity index (χ1) is 9.70. The largest absolute Gasteiger partial charge is 0.492 e. The van der Waals surface area contributed by atoms with E-state index in [1.165, 1.54) is 0 Å². The van der Waals surface area contributed by atoms with Gasteiger partial charge in [0.25, 0.3) is 0 Å². The summed E-state index contributed by atoms with van der Waals surface area (Å²) in [5, 5.41) is 12.4. The van der Waals surface area contributed by atoms with Gasteiger partial charge in [0.15, 0.2) is 0 Å². The summed E-state index contributed by atoms with van der Waals surface area (Å²) in [6.07, 6.45) is 2.04. The molecule has 6 heteroatoms. The SMILES string of the molecule is O=C(NCCOc1cccc(Cl)c1)N(CCO)C1CC1. The summed E-state index contributed by atoms with van der Waals surface area (Å²) >= 11 is 5.85. The van der Waals surface area contributed by atoms with Crippen LogP contribution in [0, 0.1) is 0 Å². The maximum Gasteiger partial charge on any atom is 0.317 e. The number of urea groups is 1. The fourth-order valence-electron chi connectivity index (χ4n) is 1.93. The summed E-state index contributed by atoms with van der Waals surface area (Å²) in [7, 11) is 0. The summed E-state index contributed by atoms with van der Waals surface area (Å²) < 4.78 is 5.49. The lowest BCUT2D eigenvalue weighted by Crippen LogP contribution is -2.44. The number of aliphatic hydroxyl groups excluding tert-OH is 1. The van der Waals surface area contributed by atoms with E-state index >= 15 is 0 Å². The molecule has 0 atom stereocenters. The predicted molar refractivity (Wildman–Crippen MR) is 77.2 cm³/mol. The Labute approximate surface area is 123 Å². The zero-order valence-corrected chi connectivity index (χ0v) is 12.0. The van der Waals surface area contributed by atoms with Gasteiger partial charge in [-0.05, 0) is 31.0 Å². The van der Waals surface area contributed by atoms with Gasteiger partial charge in [0.1, 0.15) is 12.4 Å². The first-order valence-corrected chi connectivity index (χ1v) is 7.12. The monoisotopic (exact) mass is 298 g/mol. The highest BCUT2D eigenvalue weighted by Gasteiger charge is 2.31. The molecule has 2 rings (SSSR count).